The molecule has 1 atom stereocenters. The first-order valence-electron chi connectivity index (χ1n) is 14.2. The molecule has 3 aromatic rings. The van der Waals surface area contributed by atoms with Gasteiger partial charge in [-0.15, -0.1) is 0 Å². The van der Waals surface area contributed by atoms with Crippen molar-refractivity contribution in [2.24, 2.45) is 0 Å². The second kappa shape index (κ2) is 14.2. The van der Waals surface area contributed by atoms with E-state index in [4.69, 9.17) is 18.9 Å². The highest BCUT2D eigenvalue weighted by atomic mass is 32.1. The first kappa shape index (κ1) is 31.6. The molecule has 0 saturated carbocycles. The zero-order valence-corrected chi connectivity index (χ0v) is 25.8. The highest BCUT2D eigenvalue weighted by molar-refractivity contribution is 7.17. The summed E-state index contributed by atoms with van der Waals surface area (Å²) in [6, 6.07) is 10.7. The first-order valence-corrected chi connectivity index (χ1v) is 15.0. The summed E-state index contributed by atoms with van der Waals surface area (Å²) in [5.74, 6) is -1.20. The minimum Gasteiger partial charge on any atom is -0.507 e. The number of benzene rings is 2. The van der Waals surface area contributed by atoms with E-state index in [1.165, 1.54) is 19.1 Å². The summed E-state index contributed by atoms with van der Waals surface area (Å²) < 4.78 is 22.1. The fourth-order valence-corrected chi connectivity index (χ4v) is 5.62. The molecular formula is C32H36N2O8S. The molecule has 0 spiro atoms. The number of carbonyl (C=O) groups excluding carboxylic acids is 3. The van der Waals surface area contributed by atoms with Crippen molar-refractivity contribution >= 4 is 39.9 Å². The molecule has 1 aliphatic heterocycles. The molecule has 43 heavy (non-hydrogen) atoms. The van der Waals surface area contributed by atoms with Crippen molar-refractivity contribution in [3.05, 3.63) is 69.7 Å². The number of carbonyl (C=O) groups is 3. The number of rotatable bonds is 13. The molecule has 1 fully saturated rings. The summed E-state index contributed by atoms with van der Waals surface area (Å²) in [6.07, 6.45) is 3.72. The Morgan fingerprint density at radius 3 is 2.28 bits per heavy atom. The van der Waals surface area contributed by atoms with Gasteiger partial charge in [-0.05, 0) is 61.7 Å². The van der Waals surface area contributed by atoms with Gasteiger partial charge in [0.15, 0.2) is 16.6 Å². The van der Waals surface area contributed by atoms with Crippen molar-refractivity contribution in [1.29, 1.82) is 0 Å². The Bertz CT molecular complexity index is 1510. The third kappa shape index (κ3) is 6.67. The number of esters is 1. The number of aromatic nitrogens is 1. The highest BCUT2D eigenvalue weighted by Crippen LogP contribution is 2.45. The quantitative estimate of drug-likeness (QED) is 0.0790. The van der Waals surface area contributed by atoms with Gasteiger partial charge >= 0.3 is 11.9 Å². The van der Waals surface area contributed by atoms with Crippen LogP contribution < -0.4 is 19.1 Å². The average Bonchev–Trinajstić information content (AvgIpc) is 3.53. The Hall–Kier alpha value is -4.38. The average molecular weight is 609 g/mol. The van der Waals surface area contributed by atoms with Crippen molar-refractivity contribution in [3.63, 3.8) is 0 Å². The number of hydrogen-bond donors (Lipinski definition) is 1. The van der Waals surface area contributed by atoms with E-state index in [9.17, 15) is 19.5 Å². The van der Waals surface area contributed by atoms with E-state index in [2.05, 4.69) is 18.8 Å². The number of amides is 1. The van der Waals surface area contributed by atoms with Crippen LogP contribution in [0.25, 0.3) is 5.76 Å². The van der Waals surface area contributed by atoms with Gasteiger partial charge in [0, 0.05) is 5.56 Å². The number of anilines is 1. The van der Waals surface area contributed by atoms with Gasteiger partial charge in [0.2, 0.25) is 0 Å². The molecular weight excluding hydrogens is 572 g/mol. The standard InChI is InChI=1S/C32H36N2O8S/c1-6-8-16-41-22-13-10-20(11-14-22)27(35)25-26(21-12-15-23(24(18-21)39-4)42-17-9-7-2)34(30(37)28(25)36)32-33-19(3)29(43-32)31(38)40-5/h10-15,18,26,35H,6-9,16-17H2,1-5H3/t26-/m0/s1. The summed E-state index contributed by atoms with van der Waals surface area (Å²) in [5, 5.41) is 11.6. The Balaban J connectivity index is 1.84. The lowest BCUT2D eigenvalue weighted by molar-refractivity contribution is -0.132. The molecule has 228 valence electrons. The first-order chi connectivity index (χ1) is 20.7. The maximum Gasteiger partial charge on any atom is 0.350 e. The predicted molar refractivity (Wildman–Crippen MR) is 163 cm³/mol. The predicted octanol–water partition coefficient (Wildman–Crippen LogP) is 6.23. The molecule has 1 saturated heterocycles. The van der Waals surface area contributed by atoms with E-state index in [1.54, 1.807) is 49.4 Å². The van der Waals surface area contributed by atoms with Crippen LogP contribution in [0.3, 0.4) is 0 Å². The minimum atomic E-state index is -1.07. The number of thiazole rings is 1. The van der Waals surface area contributed by atoms with Crippen LogP contribution in [0.4, 0.5) is 5.13 Å². The van der Waals surface area contributed by atoms with Crippen molar-refractivity contribution in [2.45, 2.75) is 52.5 Å². The summed E-state index contributed by atoms with van der Waals surface area (Å²) in [7, 11) is 2.75. The van der Waals surface area contributed by atoms with Gasteiger partial charge in [0.1, 0.15) is 16.4 Å². The molecule has 0 aliphatic carbocycles. The molecule has 1 aromatic heterocycles. The van der Waals surface area contributed by atoms with Crippen molar-refractivity contribution in [3.8, 4) is 17.2 Å². The van der Waals surface area contributed by atoms with E-state index < -0.39 is 23.7 Å². The number of ketones is 1. The molecule has 2 heterocycles. The number of aryl methyl sites for hydroxylation is 1. The molecule has 0 bridgehead atoms. The lowest BCUT2D eigenvalue weighted by Gasteiger charge is -2.24. The molecule has 0 unspecified atom stereocenters. The Morgan fingerprint density at radius 2 is 1.65 bits per heavy atom. The zero-order chi connectivity index (χ0) is 31.1. The number of aliphatic hydroxyl groups excluding tert-OH is 1. The molecule has 2 aromatic carbocycles. The van der Waals surface area contributed by atoms with Crippen LogP contribution in [-0.4, -0.2) is 55.2 Å². The van der Waals surface area contributed by atoms with Crippen LogP contribution in [0.5, 0.6) is 17.2 Å². The van der Waals surface area contributed by atoms with Gasteiger partial charge in [-0.25, -0.2) is 9.78 Å². The normalized spacial score (nSPS) is 15.9. The summed E-state index contributed by atoms with van der Waals surface area (Å²) >= 11 is 0.932. The third-order valence-corrected chi connectivity index (χ3v) is 8.10. The topological polar surface area (TPSA) is 124 Å². The van der Waals surface area contributed by atoms with Gasteiger partial charge in [0.25, 0.3) is 5.78 Å². The van der Waals surface area contributed by atoms with E-state index in [1.807, 2.05) is 0 Å². The largest absolute Gasteiger partial charge is 0.507 e. The molecule has 10 nitrogen and oxygen atoms in total. The van der Waals surface area contributed by atoms with Gasteiger partial charge in [-0.3, -0.25) is 14.5 Å². The second-order valence-electron chi connectivity index (χ2n) is 9.91. The Kier molecular flexibility index (Phi) is 10.4. The molecule has 1 N–H and O–H groups in total. The second-order valence-corrected chi connectivity index (χ2v) is 10.9. The van der Waals surface area contributed by atoms with Gasteiger partial charge in [-0.1, -0.05) is 44.1 Å². The smallest absolute Gasteiger partial charge is 0.350 e. The third-order valence-electron chi connectivity index (χ3n) is 6.96. The van der Waals surface area contributed by atoms with E-state index in [0.717, 1.165) is 37.0 Å². The van der Waals surface area contributed by atoms with Gasteiger partial charge in [-0.2, -0.15) is 0 Å². The lowest BCUT2D eigenvalue weighted by Crippen LogP contribution is -2.29. The van der Waals surface area contributed by atoms with Crippen LogP contribution in [0.15, 0.2) is 48.0 Å². The van der Waals surface area contributed by atoms with E-state index in [-0.39, 0.29) is 21.3 Å². The number of hydrogen-bond acceptors (Lipinski definition) is 10. The Morgan fingerprint density at radius 1 is 0.977 bits per heavy atom. The van der Waals surface area contributed by atoms with E-state index in [0.29, 0.717) is 47.3 Å². The molecule has 1 aliphatic rings. The number of Topliss-reactive ketones (excluding diaryl/α,β-unsaturated/α-hetero) is 1. The monoisotopic (exact) mass is 608 g/mol. The fraction of sp³-hybridized carbons (Fsp3) is 0.375. The van der Waals surface area contributed by atoms with Crippen molar-refractivity contribution in [1.82, 2.24) is 4.98 Å². The zero-order valence-electron chi connectivity index (χ0n) is 25.0. The lowest BCUT2D eigenvalue weighted by atomic mass is 9.95. The van der Waals surface area contributed by atoms with Gasteiger partial charge in [0.05, 0.1) is 44.7 Å². The summed E-state index contributed by atoms with van der Waals surface area (Å²) in [6.45, 7) is 6.81. The highest BCUT2D eigenvalue weighted by Gasteiger charge is 2.48. The van der Waals surface area contributed by atoms with Crippen LogP contribution in [0.1, 0.15) is 72.1 Å². The SMILES string of the molecule is CCCCOc1ccc(C(O)=C2C(=O)C(=O)N(c3nc(C)c(C(=O)OC)s3)[C@H]2c2ccc(OCCCC)c(OC)c2)cc1. The maximum atomic E-state index is 13.6. The number of methoxy groups -OCH3 is 2. The number of aliphatic hydroxyl groups is 1. The van der Waals surface area contributed by atoms with Crippen molar-refractivity contribution < 1.29 is 38.4 Å². The van der Waals surface area contributed by atoms with Crippen LogP contribution >= 0.6 is 11.3 Å². The molecule has 11 heteroatoms. The Labute approximate surface area is 254 Å². The number of ether oxygens (including phenoxy) is 4. The maximum absolute atomic E-state index is 13.6. The summed E-state index contributed by atoms with van der Waals surface area (Å²) in [5.41, 5.74) is 1.04. The molecule has 0 radical (unpaired) electrons. The van der Waals surface area contributed by atoms with Gasteiger partial charge < -0.3 is 24.1 Å². The van der Waals surface area contributed by atoms with Crippen LogP contribution in [-0.2, 0) is 14.3 Å². The fourth-order valence-electron chi connectivity index (χ4n) is 4.61. The molecule has 4 rings (SSSR count). The van der Waals surface area contributed by atoms with Crippen LogP contribution in [0.2, 0.25) is 0 Å². The van der Waals surface area contributed by atoms with Crippen LogP contribution in [0, 0.1) is 6.92 Å². The molecule has 1 amide bonds. The van der Waals surface area contributed by atoms with E-state index >= 15 is 0 Å². The van der Waals surface area contributed by atoms with Crippen molar-refractivity contribution in [2.75, 3.05) is 32.3 Å². The number of unbranched alkanes of at least 4 members (excludes halogenated alkanes) is 2. The summed E-state index contributed by atoms with van der Waals surface area (Å²) in [4.78, 5) is 45.4. The minimum absolute atomic E-state index is 0.117. The number of nitrogens with zero attached hydrogens (tertiary/aromatic N) is 2.